The number of unbranched alkanes of at least 4 members (excludes halogenated alkanes) is 3. The molecule has 374 valence electrons. The molecule has 1 saturated heterocycles. The molecule has 0 radical (unpaired) electrons. The van der Waals surface area contributed by atoms with Crippen LogP contribution >= 0.6 is 0 Å². The average Bonchev–Trinajstić information content (AvgIpc) is 3.69. The van der Waals surface area contributed by atoms with Gasteiger partial charge in [-0.05, 0) is 151 Å². The molecular formula is C50H77BN8O9. The number of hydrogen-bond acceptors (Lipinski definition) is 12. The van der Waals surface area contributed by atoms with Crippen LogP contribution in [0.1, 0.15) is 135 Å². The van der Waals surface area contributed by atoms with Crippen LogP contribution in [-0.2, 0) is 44.4 Å². The largest absolute Gasteiger partial charge is 0.497 e. The molecule has 2 bridgehead atoms. The van der Waals surface area contributed by atoms with Crippen molar-refractivity contribution in [1.82, 2.24) is 26.6 Å². The van der Waals surface area contributed by atoms with Gasteiger partial charge < -0.3 is 57.8 Å². The molecule has 11 N–H and O–H groups in total. The number of aryl methyl sites for hydroxylation is 1. The van der Waals surface area contributed by atoms with Crippen molar-refractivity contribution in [3.05, 3.63) is 59.7 Å². The second-order valence-corrected chi connectivity index (χ2v) is 19.5. The summed E-state index contributed by atoms with van der Waals surface area (Å²) in [6, 6.07) is 9.82. The van der Waals surface area contributed by atoms with Crippen LogP contribution in [0.3, 0.4) is 0 Å². The number of benzene rings is 2. The summed E-state index contributed by atoms with van der Waals surface area (Å²) in [5, 5.41) is 13.7. The average molecular weight is 945 g/mol. The summed E-state index contributed by atoms with van der Waals surface area (Å²) >= 11 is 0. The van der Waals surface area contributed by atoms with Crippen LogP contribution in [0.2, 0.25) is 0 Å². The van der Waals surface area contributed by atoms with Crippen LogP contribution in [0.15, 0.2) is 48.5 Å². The van der Waals surface area contributed by atoms with Crippen LogP contribution in [0, 0.1) is 17.3 Å². The van der Waals surface area contributed by atoms with Gasteiger partial charge in [0.1, 0.15) is 30.2 Å². The third-order valence-electron chi connectivity index (χ3n) is 14.3. The molecule has 3 aliphatic carbocycles. The summed E-state index contributed by atoms with van der Waals surface area (Å²) in [6.07, 6.45) is 7.30. The second-order valence-electron chi connectivity index (χ2n) is 19.5. The van der Waals surface area contributed by atoms with Crippen molar-refractivity contribution in [3.8, 4) is 11.1 Å². The van der Waals surface area contributed by atoms with Gasteiger partial charge >= 0.3 is 13.1 Å². The smallest absolute Gasteiger partial charge is 0.466 e. The first-order valence-corrected chi connectivity index (χ1v) is 24.8. The summed E-state index contributed by atoms with van der Waals surface area (Å²) in [5.41, 5.74) is 21.1. The van der Waals surface area contributed by atoms with E-state index >= 15 is 0 Å². The predicted molar refractivity (Wildman–Crippen MR) is 261 cm³/mol. The highest BCUT2D eigenvalue weighted by atomic mass is 16.7. The summed E-state index contributed by atoms with van der Waals surface area (Å²) in [5.74, 6) is -2.89. The number of ether oxygens (including phenoxy) is 1. The summed E-state index contributed by atoms with van der Waals surface area (Å²) < 4.78 is 17.8. The first-order chi connectivity index (χ1) is 32.4. The highest BCUT2D eigenvalue weighted by Gasteiger charge is 2.68. The molecule has 4 aliphatic rings. The van der Waals surface area contributed by atoms with E-state index in [0.29, 0.717) is 56.2 Å². The zero-order chi connectivity index (χ0) is 49.6. The minimum atomic E-state index is -1.31. The van der Waals surface area contributed by atoms with Crippen molar-refractivity contribution in [2.24, 2.45) is 34.5 Å². The van der Waals surface area contributed by atoms with Gasteiger partial charge in [-0.1, -0.05) is 63.6 Å². The molecule has 18 heteroatoms. The van der Waals surface area contributed by atoms with Crippen LogP contribution < -0.4 is 43.8 Å². The van der Waals surface area contributed by atoms with Gasteiger partial charge in [-0.2, -0.15) is 0 Å². The van der Waals surface area contributed by atoms with E-state index in [-0.39, 0.29) is 43.8 Å². The standard InChI is InChI=1S/C50H77BN8O9/c1-7-9-14-32-17-19-33(20-18-32)34-21-23-35(24-22-34)44(62)57-37(15-10-12-27-52)46(64)58-39(25-26-42(60)66-8-2)45(63)55-31(3)43(61)56-38(16-11-13-28-53)47(65)59-48(54)51-67-41-30-36-29-40(49(36,4)5)50(41,6)68-51/h17-24,31,36-41,48H,7-16,25-30,52-54H2,1-6H3,(H,55,63)(H,56,61)(H,57,62)(H,58,64)(H,59,65)/t31-,36-,37-,38-,39?,40-,41+,48+,50-/m0/s1. The maximum atomic E-state index is 14.0. The molecule has 6 rings (SSSR count). The topological polar surface area (TPSA) is 268 Å². The van der Waals surface area contributed by atoms with Crippen LogP contribution in [-0.4, -0.2) is 104 Å². The fourth-order valence-electron chi connectivity index (χ4n) is 9.92. The van der Waals surface area contributed by atoms with E-state index in [4.69, 9.17) is 31.2 Å². The Hall–Kier alpha value is -4.88. The van der Waals surface area contributed by atoms with Crippen molar-refractivity contribution < 1.29 is 42.8 Å². The molecule has 2 aromatic carbocycles. The Kier molecular flexibility index (Phi) is 20.0. The minimum Gasteiger partial charge on any atom is -0.466 e. The monoisotopic (exact) mass is 945 g/mol. The zero-order valence-electron chi connectivity index (χ0n) is 41.0. The molecule has 1 unspecified atom stereocenters. The minimum absolute atomic E-state index is 0.117. The number of rotatable bonds is 27. The van der Waals surface area contributed by atoms with Gasteiger partial charge in [-0.15, -0.1) is 0 Å². The lowest BCUT2D eigenvalue weighted by Gasteiger charge is -2.64. The van der Waals surface area contributed by atoms with Crippen molar-refractivity contribution in [3.63, 3.8) is 0 Å². The quantitative estimate of drug-likeness (QED) is 0.0277. The molecule has 68 heavy (non-hydrogen) atoms. The number of nitrogens with one attached hydrogen (secondary N) is 5. The molecule has 4 fully saturated rings. The van der Waals surface area contributed by atoms with Crippen LogP contribution in [0.25, 0.3) is 11.1 Å². The van der Waals surface area contributed by atoms with E-state index < -0.39 is 78.5 Å². The Morgan fingerprint density at radius 1 is 0.721 bits per heavy atom. The van der Waals surface area contributed by atoms with Gasteiger partial charge in [-0.3, -0.25) is 28.8 Å². The highest BCUT2D eigenvalue weighted by molar-refractivity contribution is 6.47. The fourth-order valence-corrected chi connectivity index (χ4v) is 9.92. The lowest BCUT2D eigenvalue weighted by Crippen LogP contribution is -2.65. The van der Waals surface area contributed by atoms with E-state index in [1.165, 1.54) is 12.5 Å². The van der Waals surface area contributed by atoms with Gasteiger partial charge in [0.15, 0.2) is 0 Å². The Morgan fingerprint density at radius 3 is 1.87 bits per heavy atom. The molecule has 0 aromatic heterocycles. The van der Waals surface area contributed by atoms with Gasteiger partial charge in [0, 0.05) is 12.0 Å². The number of esters is 1. The number of hydrogen-bond donors (Lipinski definition) is 8. The molecule has 5 amide bonds. The SMILES string of the molecule is CCCCc1ccc(-c2ccc(C(=O)N[C@@H](CCCCN)C(=O)NC(CCC(=O)OCC)C(=O)N[C@@H](C)C(=O)N[C@@H](CCCCN)C(=O)N[C@@H](N)B3O[C@@H]4C[C@@H]5C[C@@H](C5(C)C)[C@]4(C)O3)cc2)cc1. The Labute approximate surface area is 402 Å². The second kappa shape index (κ2) is 25.1. The lowest BCUT2D eigenvalue weighted by atomic mass is 9.43. The maximum absolute atomic E-state index is 14.0. The van der Waals surface area contributed by atoms with Gasteiger partial charge in [0.05, 0.1) is 18.3 Å². The van der Waals surface area contributed by atoms with Crippen molar-refractivity contribution in [2.45, 2.75) is 167 Å². The third kappa shape index (κ3) is 13.9. The molecule has 0 spiro atoms. The fraction of sp³-hybridized carbons (Fsp3) is 0.640. The maximum Gasteiger partial charge on any atom is 0.497 e. The van der Waals surface area contributed by atoms with E-state index in [2.05, 4.69) is 78.5 Å². The van der Waals surface area contributed by atoms with E-state index in [1.54, 1.807) is 19.1 Å². The zero-order valence-corrected chi connectivity index (χ0v) is 41.0. The van der Waals surface area contributed by atoms with Gasteiger partial charge in [0.2, 0.25) is 23.6 Å². The van der Waals surface area contributed by atoms with Crippen LogP contribution in [0.5, 0.6) is 0 Å². The molecule has 3 saturated carbocycles. The third-order valence-corrected chi connectivity index (χ3v) is 14.3. The van der Waals surface area contributed by atoms with Crippen LogP contribution in [0.4, 0.5) is 0 Å². The molecular weight excluding hydrogens is 867 g/mol. The van der Waals surface area contributed by atoms with E-state index in [1.807, 2.05) is 12.1 Å². The Balaban J connectivity index is 1.22. The Bertz CT molecular complexity index is 2020. The van der Waals surface area contributed by atoms with Crippen molar-refractivity contribution in [2.75, 3.05) is 19.7 Å². The molecule has 1 heterocycles. The lowest BCUT2D eigenvalue weighted by molar-refractivity contribution is -0.199. The number of carbonyl (C=O) groups excluding carboxylic acids is 6. The summed E-state index contributed by atoms with van der Waals surface area (Å²) in [6.45, 7) is 12.7. The van der Waals surface area contributed by atoms with Gasteiger partial charge in [-0.25, -0.2) is 0 Å². The highest BCUT2D eigenvalue weighted by Crippen LogP contribution is 2.65. The van der Waals surface area contributed by atoms with E-state index in [0.717, 1.165) is 43.2 Å². The normalized spacial score (nSPS) is 22.2. The summed E-state index contributed by atoms with van der Waals surface area (Å²) in [4.78, 5) is 81.5. The van der Waals surface area contributed by atoms with E-state index in [9.17, 15) is 28.8 Å². The first-order valence-electron chi connectivity index (χ1n) is 24.8. The number of carbonyl (C=O) groups is 6. The molecule has 17 nitrogen and oxygen atoms in total. The first kappa shape index (κ1) is 54.1. The van der Waals surface area contributed by atoms with Crippen molar-refractivity contribution >= 4 is 42.6 Å². The number of nitrogens with two attached hydrogens (primary N) is 3. The molecule has 1 aliphatic heterocycles. The molecule has 2 aromatic rings. The van der Waals surface area contributed by atoms with Gasteiger partial charge in [0.25, 0.3) is 5.91 Å². The molecule has 9 atom stereocenters. The summed E-state index contributed by atoms with van der Waals surface area (Å²) in [7, 11) is -0.881. The number of amides is 5. The predicted octanol–water partition coefficient (Wildman–Crippen LogP) is 3.54. The van der Waals surface area contributed by atoms with Crippen molar-refractivity contribution in [1.29, 1.82) is 0 Å². The Morgan fingerprint density at radius 2 is 1.28 bits per heavy atom.